The van der Waals surface area contributed by atoms with Crippen molar-refractivity contribution in [3.8, 4) is 5.75 Å². The molecule has 1 amide bonds. The van der Waals surface area contributed by atoms with Crippen LogP contribution in [0.3, 0.4) is 0 Å². The van der Waals surface area contributed by atoms with Crippen LogP contribution in [0.4, 0.5) is 23.2 Å². The van der Waals surface area contributed by atoms with Gasteiger partial charge in [0.05, 0.1) is 21.6 Å². The third-order valence-electron chi connectivity index (χ3n) is 4.89. The molecule has 0 saturated heterocycles. The number of benzene rings is 3. The Kier molecular flexibility index (Phi) is 7.72. The number of rotatable bonds is 7. The average Bonchev–Trinajstić information content (AvgIpc) is 2.77. The number of ether oxygens (including phenoxy) is 1. The van der Waals surface area contributed by atoms with Gasteiger partial charge in [0, 0.05) is 10.7 Å². The number of hydrogen-bond acceptors (Lipinski definition) is 5. The second-order valence-corrected chi connectivity index (χ2v) is 9.49. The van der Waals surface area contributed by atoms with Crippen LogP contribution in [0.5, 0.6) is 5.75 Å². The monoisotopic (exact) mass is 544 g/mol. The molecule has 0 saturated carbocycles. The second-order valence-electron chi connectivity index (χ2n) is 7.49. The lowest BCUT2D eigenvalue weighted by atomic mass is 9.99. The highest BCUT2D eigenvalue weighted by Gasteiger charge is 2.36. The topological polar surface area (TPSA) is 116 Å². The molecule has 3 N–H and O–H groups in total. The first-order valence-electron chi connectivity index (χ1n) is 9.94. The van der Waals surface area contributed by atoms with Crippen molar-refractivity contribution in [2.75, 3.05) is 11.9 Å². The van der Waals surface area contributed by atoms with Gasteiger partial charge in [0.1, 0.15) is 11.6 Å². The standard InChI is InChI=1S/C23H17ClF4N2O5S/c1-12-9-14(36(29,33)34)6-7-18(12)30-20(31)11-35-19-8-5-13(24)10-16(19)22(32)15-3-2-4-17(21(15)25)23(26,27)28/h2-10H,11H2,1H3,(H,30,31)(H2,29,33,34). The van der Waals surface area contributed by atoms with Gasteiger partial charge in [0.25, 0.3) is 5.91 Å². The normalized spacial score (nSPS) is 11.8. The fourth-order valence-corrected chi connectivity index (χ4v) is 3.93. The Morgan fingerprint density at radius 2 is 1.75 bits per heavy atom. The van der Waals surface area contributed by atoms with Crippen LogP contribution in [-0.4, -0.2) is 26.7 Å². The molecule has 0 aromatic heterocycles. The van der Waals surface area contributed by atoms with E-state index in [0.717, 1.165) is 18.2 Å². The van der Waals surface area contributed by atoms with Gasteiger partial charge in [-0.1, -0.05) is 17.7 Å². The lowest BCUT2D eigenvalue weighted by Gasteiger charge is -2.14. The molecule has 0 heterocycles. The van der Waals surface area contributed by atoms with Gasteiger partial charge in [-0.15, -0.1) is 0 Å². The molecule has 0 bridgehead atoms. The van der Waals surface area contributed by atoms with Crippen LogP contribution in [0.25, 0.3) is 0 Å². The minimum atomic E-state index is -5.02. The van der Waals surface area contributed by atoms with Crippen molar-refractivity contribution >= 4 is 39.0 Å². The van der Waals surface area contributed by atoms with E-state index in [2.05, 4.69) is 5.32 Å². The first kappa shape index (κ1) is 27.1. The Hall–Kier alpha value is -3.48. The van der Waals surface area contributed by atoms with E-state index in [9.17, 15) is 35.6 Å². The summed E-state index contributed by atoms with van der Waals surface area (Å²) in [5.41, 5.74) is -2.18. The Bertz CT molecular complexity index is 1460. The fraction of sp³-hybridized carbons (Fsp3) is 0.130. The molecule has 3 rings (SSSR count). The van der Waals surface area contributed by atoms with Gasteiger partial charge >= 0.3 is 6.18 Å². The average molecular weight is 545 g/mol. The molecule has 3 aromatic carbocycles. The number of alkyl halides is 3. The maximum Gasteiger partial charge on any atom is 0.419 e. The molecule has 0 spiro atoms. The highest BCUT2D eigenvalue weighted by molar-refractivity contribution is 7.89. The Balaban J connectivity index is 1.82. The van der Waals surface area contributed by atoms with E-state index in [1.807, 2.05) is 0 Å². The molecule has 7 nitrogen and oxygen atoms in total. The maximum absolute atomic E-state index is 14.5. The number of carbonyl (C=O) groups is 2. The smallest absolute Gasteiger partial charge is 0.419 e. The number of sulfonamides is 1. The summed E-state index contributed by atoms with van der Waals surface area (Å²) >= 11 is 5.91. The molecule has 190 valence electrons. The molecular formula is C23H17ClF4N2O5S. The van der Waals surface area contributed by atoms with Gasteiger partial charge in [-0.3, -0.25) is 9.59 Å². The predicted molar refractivity (Wildman–Crippen MR) is 123 cm³/mol. The van der Waals surface area contributed by atoms with Crippen LogP contribution in [0, 0.1) is 12.7 Å². The van der Waals surface area contributed by atoms with E-state index in [4.69, 9.17) is 21.5 Å². The van der Waals surface area contributed by atoms with Crippen molar-refractivity contribution in [2.24, 2.45) is 5.14 Å². The van der Waals surface area contributed by atoms with E-state index in [0.29, 0.717) is 11.6 Å². The summed E-state index contributed by atoms with van der Waals surface area (Å²) in [6.07, 6.45) is -5.02. The van der Waals surface area contributed by atoms with E-state index in [1.165, 1.54) is 37.3 Å². The number of nitrogens with one attached hydrogen (secondary N) is 1. The van der Waals surface area contributed by atoms with Crippen LogP contribution in [-0.2, 0) is 21.0 Å². The highest BCUT2D eigenvalue weighted by Crippen LogP contribution is 2.34. The summed E-state index contributed by atoms with van der Waals surface area (Å²) in [6, 6.07) is 9.64. The van der Waals surface area contributed by atoms with Crippen molar-refractivity contribution in [3.05, 3.63) is 87.7 Å². The molecule has 0 unspecified atom stereocenters. The third-order valence-corrected chi connectivity index (χ3v) is 6.04. The molecule has 0 aliphatic rings. The SMILES string of the molecule is Cc1cc(S(N)(=O)=O)ccc1NC(=O)COc1ccc(Cl)cc1C(=O)c1cccc(C(F)(F)F)c1F. The molecule has 0 aliphatic heterocycles. The Labute approximate surface area is 207 Å². The zero-order valence-corrected chi connectivity index (χ0v) is 19.9. The summed E-state index contributed by atoms with van der Waals surface area (Å²) < 4.78 is 81.9. The number of aryl methyl sites for hydroxylation is 1. The number of nitrogens with two attached hydrogens (primary N) is 1. The van der Waals surface area contributed by atoms with Crippen LogP contribution >= 0.6 is 11.6 Å². The van der Waals surface area contributed by atoms with E-state index in [-0.39, 0.29) is 26.9 Å². The zero-order chi connectivity index (χ0) is 26.8. The first-order valence-corrected chi connectivity index (χ1v) is 11.9. The summed E-state index contributed by atoms with van der Waals surface area (Å²) in [5, 5.41) is 7.58. The quantitative estimate of drug-likeness (QED) is 0.330. The second kappa shape index (κ2) is 10.2. The van der Waals surface area contributed by atoms with Gasteiger partial charge in [-0.25, -0.2) is 17.9 Å². The number of carbonyl (C=O) groups excluding carboxylic acids is 2. The van der Waals surface area contributed by atoms with Crippen molar-refractivity contribution in [2.45, 2.75) is 18.0 Å². The van der Waals surface area contributed by atoms with Crippen LogP contribution < -0.4 is 15.2 Å². The van der Waals surface area contributed by atoms with E-state index >= 15 is 0 Å². The number of halogens is 5. The van der Waals surface area contributed by atoms with Crippen LogP contribution in [0.1, 0.15) is 27.0 Å². The molecular weight excluding hydrogens is 528 g/mol. The summed E-state index contributed by atoms with van der Waals surface area (Å²) in [7, 11) is -3.94. The zero-order valence-electron chi connectivity index (χ0n) is 18.3. The highest BCUT2D eigenvalue weighted by atomic mass is 35.5. The molecule has 0 atom stereocenters. The molecule has 0 aliphatic carbocycles. The van der Waals surface area contributed by atoms with Crippen molar-refractivity contribution in [3.63, 3.8) is 0 Å². The molecule has 0 fully saturated rings. The Morgan fingerprint density at radius 3 is 2.36 bits per heavy atom. The van der Waals surface area contributed by atoms with Crippen molar-refractivity contribution in [1.82, 2.24) is 0 Å². The van der Waals surface area contributed by atoms with E-state index in [1.54, 1.807) is 0 Å². The van der Waals surface area contributed by atoms with Gasteiger partial charge < -0.3 is 10.1 Å². The minimum absolute atomic E-state index is 0.0214. The van der Waals surface area contributed by atoms with Crippen LogP contribution in [0.15, 0.2) is 59.5 Å². The van der Waals surface area contributed by atoms with Gasteiger partial charge in [0.2, 0.25) is 10.0 Å². The summed E-state index contributed by atoms with van der Waals surface area (Å²) in [6.45, 7) is 0.883. The largest absolute Gasteiger partial charge is 0.483 e. The molecule has 36 heavy (non-hydrogen) atoms. The third kappa shape index (κ3) is 6.20. The predicted octanol–water partition coefficient (Wildman–Crippen LogP) is 4.70. The number of primary sulfonamides is 1. The first-order chi connectivity index (χ1) is 16.7. The fourth-order valence-electron chi connectivity index (χ4n) is 3.16. The Morgan fingerprint density at radius 1 is 1.06 bits per heavy atom. The summed E-state index contributed by atoms with van der Waals surface area (Å²) in [5.74, 6) is -3.82. The van der Waals surface area contributed by atoms with Gasteiger partial charge in [-0.05, 0) is 61.0 Å². The minimum Gasteiger partial charge on any atom is -0.483 e. The van der Waals surface area contributed by atoms with Crippen molar-refractivity contribution in [1.29, 1.82) is 0 Å². The number of anilines is 1. The van der Waals surface area contributed by atoms with Crippen LogP contribution in [0.2, 0.25) is 5.02 Å². The lowest BCUT2D eigenvalue weighted by molar-refractivity contribution is -0.140. The van der Waals surface area contributed by atoms with Gasteiger partial charge in [-0.2, -0.15) is 13.2 Å². The lowest BCUT2D eigenvalue weighted by Crippen LogP contribution is -2.22. The van der Waals surface area contributed by atoms with Crippen molar-refractivity contribution < 1.29 is 40.3 Å². The maximum atomic E-state index is 14.5. The number of amides is 1. The molecule has 0 radical (unpaired) electrons. The number of hydrogen-bond donors (Lipinski definition) is 2. The summed E-state index contributed by atoms with van der Waals surface area (Å²) in [4.78, 5) is 25.1. The van der Waals surface area contributed by atoms with E-state index < -0.39 is 51.4 Å². The number of ketones is 1. The van der Waals surface area contributed by atoms with Gasteiger partial charge in [0.15, 0.2) is 12.4 Å². The molecule has 13 heteroatoms. The molecule has 3 aromatic rings.